The lowest BCUT2D eigenvalue weighted by Crippen LogP contribution is -2.40. The van der Waals surface area contributed by atoms with Crippen LogP contribution in [0.1, 0.15) is 40.5 Å². The summed E-state index contributed by atoms with van der Waals surface area (Å²) in [5.74, 6) is -0.455. The third-order valence-electron chi connectivity index (χ3n) is 3.21. The molecule has 4 nitrogen and oxygen atoms in total. The summed E-state index contributed by atoms with van der Waals surface area (Å²) in [6.07, 6.45) is 2.07. The van der Waals surface area contributed by atoms with Gasteiger partial charge in [-0.3, -0.25) is 4.79 Å². The Bertz CT molecular complexity index is 267. The minimum absolute atomic E-state index is 0.0714. The average Bonchev–Trinajstić information content (AvgIpc) is 2.33. The van der Waals surface area contributed by atoms with Crippen LogP contribution in [0, 0.1) is 5.92 Å². The van der Waals surface area contributed by atoms with Gasteiger partial charge in [0.15, 0.2) is 0 Å². The van der Waals surface area contributed by atoms with Crippen LogP contribution in [0.3, 0.4) is 0 Å². The number of hydrogen-bond acceptors (Lipinski definition) is 3. The van der Waals surface area contributed by atoms with Crippen molar-refractivity contribution in [2.75, 3.05) is 19.6 Å². The zero-order valence-electron chi connectivity index (χ0n) is 12.0. The fourth-order valence-corrected chi connectivity index (χ4v) is 1.84. The number of rotatable bonds is 9. The summed E-state index contributed by atoms with van der Waals surface area (Å²) in [4.78, 5) is 14.3. The molecule has 0 aliphatic carbocycles. The Balaban J connectivity index is 3.87. The molecule has 0 aromatic rings. The average molecular weight is 273 g/mol. The SMILES string of the molecule is CCN(CC)CCCC(C)NC(=O)C(C)C(N)=S. The van der Waals surface area contributed by atoms with Crippen molar-refractivity contribution in [1.29, 1.82) is 0 Å². The van der Waals surface area contributed by atoms with Crippen LogP contribution in [0.25, 0.3) is 0 Å². The lowest BCUT2D eigenvalue weighted by molar-refractivity contribution is -0.123. The van der Waals surface area contributed by atoms with E-state index in [0.717, 1.165) is 32.5 Å². The van der Waals surface area contributed by atoms with Gasteiger partial charge < -0.3 is 16.0 Å². The van der Waals surface area contributed by atoms with Crippen molar-refractivity contribution < 1.29 is 4.79 Å². The van der Waals surface area contributed by atoms with Gasteiger partial charge in [-0.2, -0.15) is 0 Å². The van der Waals surface area contributed by atoms with Crippen LogP contribution in [0.2, 0.25) is 0 Å². The topological polar surface area (TPSA) is 58.4 Å². The number of amides is 1. The number of nitrogens with two attached hydrogens (primary N) is 1. The van der Waals surface area contributed by atoms with Gasteiger partial charge in [-0.05, 0) is 46.3 Å². The Labute approximate surface area is 116 Å². The second kappa shape index (κ2) is 9.28. The number of carbonyl (C=O) groups excluding carboxylic acids is 1. The minimum Gasteiger partial charge on any atom is -0.393 e. The maximum absolute atomic E-state index is 11.7. The molecule has 0 rings (SSSR count). The van der Waals surface area contributed by atoms with Gasteiger partial charge >= 0.3 is 0 Å². The van der Waals surface area contributed by atoms with Gasteiger partial charge in [0.1, 0.15) is 0 Å². The third-order valence-corrected chi connectivity index (χ3v) is 3.57. The van der Waals surface area contributed by atoms with Crippen molar-refractivity contribution >= 4 is 23.1 Å². The predicted octanol–water partition coefficient (Wildman–Crippen LogP) is 1.54. The highest BCUT2D eigenvalue weighted by molar-refractivity contribution is 7.80. The minimum atomic E-state index is -0.384. The monoisotopic (exact) mass is 273 g/mol. The maximum Gasteiger partial charge on any atom is 0.229 e. The first-order valence-corrected chi connectivity index (χ1v) is 7.15. The molecule has 0 saturated heterocycles. The molecule has 0 aromatic heterocycles. The highest BCUT2D eigenvalue weighted by Crippen LogP contribution is 2.02. The van der Waals surface area contributed by atoms with Gasteiger partial charge in [-0.25, -0.2) is 0 Å². The van der Waals surface area contributed by atoms with Crippen molar-refractivity contribution in [3.63, 3.8) is 0 Å². The molecule has 0 aliphatic rings. The molecule has 0 heterocycles. The standard InChI is InChI=1S/C13H27N3OS/c1-5-16(6-2)9-7-8-10(3)15-13(17)11(4)12(14)18/h10-11H,5-9H2,1-4H3,(H2,14,18)(H,15,17). The lowest BCUT2D eigenvalue weighted by atomic mass is 10.1. The molecule has 0 fully saturated rings. The summed E-state index contributed by atoms with van der Waals surface area (Å²) >= 11 is 4.81. The van der Waals surface area contributed by atoms with E-state index in [-0.39, 0.29) is 22.9 Å². The van der Waals surface area contributed by atoms with Crippen molar-refractivity contribution in [2.24, 2.45) is 11.7 Å². The van der Waals surface area contributed by atoms with Crippen LogP contribution in [0.4, 0.5) is 0 Å². The van der Waals surface area contributed by atoms with E-state index in [4.69, 9.17) is 18.0 Å². The van der Waals surface area contributed by atoms with Crippen molar-refractivity contribution in [1.82, 2.24) is 10.2 Å². The highest BCUT2D eigenvalue weighted by Gasteiger charge is 2.17. The van der Waals surface area contributed by atoms with Gasteiger partial charge in [0, 0.05) is 6.04 Å². The molecule has 106 valence electrons. The van der Waals surface area contributed by atoms with E-state index >= 15 is 0 Å². The number of carbonyl (C=O) groups is 1. The fraction of sp³-hybridized carbons (Fsp3) is 0.846. The Kier molecular flexibility index (Phi) is 8.93. The Morgan fingerprint density at radius 3 is 2.33 bits per heavy atom. The molecule has 18 heavy (non-hydrogen) atoms. The molecule has 0 radical (unpaired) electrons. The van der Waals surface area contributed by atoms with Crippen LogP contribution in [0.15, 0.2) is 0 Å². The number of hydrogen-bond donors (Lipinski definition) is 2. The summed E-state index contributed by atoms with van der Waals surface area (Å²) in [6.45, 7) is 11.3. The molecule has 2 atom stereocenters. The molecule has 0 bridgehead atoms. The molecule has 0 aliphatic heterocycles. The first kappa shape index (κ1) is 17.3. The number of nitrogens with zero attached hydrogens (tertiary/aromatic N) is 1. The molecular formula is C13H27N3OS. The van der Waals surface area contributed by atoms with Crippen LogP contribution >= 0.6 is 12.2 Å². The zero-order chi connectivity index (χ0) is 14.1. The largest absolute Gasteiger partial charge is 0.393 e. The Hall–Kier alpha value is -0.680. The van der Waals surface area contributed by atoms with Crippen LogP contribution in [-0.4, -0.2) is 41.5 Å². The zero-order valence-corrected chi connectivity index (χ0v) is 12.8. The summed E-state index contributed by atoms with van der Waals surface area (Å²) in [5.41, 5.74) is 5.45. The molecule has 0 spiro atoms. The smallest absolute Gasteiger partial charge is 0.229 e. The van der Waals surface area contributed by atoms with Gasteiger partial charge in [-0.1, -0.05) is 26.1 Å². The van der Waals surface area contributed by atoms with E-state index in [1.807, 2.05) is 6.92 Å². The highest BCUT2D eigenvalue weighted by atomic mass is 32.1. The quantitative estimate of drug-likeness (QED) is 0.626. The summed E-state index contributed by atoms with van der Waals surface area (Å²) in [7, 11) is 0. The van der Waals surface area contributed by atoms with Crippen LogP contribution in [-0.2, 0) is 4.79 Å². The maximum atomic E-state index is 11.7. The lowest BCUT2D eigenvalue weighted by Gasteiger charge is -2.20. The second-order valence-corrected chi connectivity index (χ2v) is 5.17. The van der Waals surface area contributed by atoms with E-state index in [0.29, 0.717) is 0 Å². The van der Waals surface area contributed by atoms with Gasteiger partial charge in [0.2, 0.25) is 5.91 Å². The molecule has 3 N–H and O–H groups in total. The van der Waals surface area contributed by atoms with Crippen molar-refractivity contribution in [3.05, 3.63) is 0 Å². The predicted molar refractivity (Wildman–Crippen MR) is 80.6 cm³/mol. The van der Waals surface area contributed by atoms with Crippen LogP contribution < -0.4 is 11.1 Å². The van der Waals surface area contributed by atoms with E-state index in [1.54, 1.807) is 6.92 Å². The molecule has 2 unspecified atom stereocenters. The van der Waals surface area contributed by atoms with E-state index in [1.165, 1.54) is 0 Å². The fourth-order valence-electron chi connectivity index (χ4n) is 1.73. The molecule has 0 saturated carbocycles. The number of nitrogens with one attached hydrogen (secondary N) is 1. The summed E-state index contributed by atoms with van der Waals surface area (Å²) < 4.78 is 0. The van der Waals surface area contributed by atoms with Crippen molar-refractivity contribution in [2.45, 2.75) is 46.6 Å². The normalized spacial score (nSPS) is 14.3. The Morgan fingerprint density at radius 1 is 1.33 bits per heavy atom. The molecule has 0 aromatic carbocycles. The molecule has 1 amide bonds. The van der Waals surface area contributed by atoms with E-state index < -0.39 is 0 Å². The van der Waals surface area contributed by atoms with E-state index in [2.05, 4.69) is 24.1 Å². The molecule has 5 heteroatoms. The first-order valence-electron chi connectivity index (χ1n) is 6.74. The van der Waals surface area contributed by atoms with Gasteiger partial charge in [0.25, 0.3) is 0 Å². The second-order valence-electron chi connectivity index (χ2n) is 4.70. The number of thiocarbonyl (C=S) groups is 1. The molecular weight excluding hydrogens is 246 g/mol. The van der Waals surface area contributed by atoms with Crippen LogP contribution in [0.5, 0.6) is 0 Å². The third kappa shape index (κ3) is 6.91. The van der Waals surface area contributed by atoms with E-state index in [9.17, 15) is 4.79 Å². The summed E-state index contributed by atoms with van der Waals surface area (Å²) in [6, 6.07) is 0.171. The van der Waals surface area contributed by atoms with Crippen molar-refractivity contribution in [3.8, 4) is 0 Å². The van der Waals surface area contributed by atoms with Gasteiger partial charge in [0.05, 0.1) is 10.9 Å². The first-order chi connectivity index (χ1) is 8.42. The van der Waals surface area contributed by atoms with Gasteiger partial charge in [-0.15, -0.1) is 0 Å². The Morgan fingerprint density at radius 2 is 1.89 bits per heavy atom. The summed E-state index contributed by atoms with van der Waals surface area (Å²) in [5, 5.41) is 2.95.